The molecule has 0 aromatic heterocycles. The maximum absolute atomic E-state index is 12.3. The van der Waals surface area contributed by atoms with Crippen LogP contribution >= 0.6 is 11.8 Å². The second kappa shape index (κ2) is 10.5. The molecule has 0 saturated carbocycles. The third kappa shape index (κ3) is 6.57. The van der Waals surface area contributed by atoms with Crippen LogP contribution in [0.3, 0.4) is 0 Å². The summed E-state index contributed by atoms with van der Waals surface area (Å²) in [7, 11) is 0. The first-order chi connectivity index (χ1) is 13.0. The zero-order valence-electron chi connectivity index (χ0n) is 15.4. The van der Waals surface area contributed by atoms with E-state index < -0.39 is 24.5 Å². The van der Waals surface area contributed by atoms with E-state index in [1.165, 1.54) is 18.7 Å². The molecule has 1 amide bonds. The molecule has 6 heteroatoms. The van der Waals surface area contributed by atoms with Crippen molar-refractivity contribution in [3.63, 3.8) is 0 Å². The molecule has 5 nitrogen and oxygen atoms in total. The van der Waals surface area contributed by atoms with E-state index in [0.717, 1.165) is 16.2 Å². The van der Waals surface area contributed by atoms with E-state index in [0.29, 0.717) is 12.0 Å². The van der Waals surface area contributed by atoms with Crippen LogP contribution in [0.15, 0.2) is 59.5 Å². The van der Waals surface area contributed by atoms with Crippen molar-refractivity contribution in [3.8, 4) is 0 Å². The van der Waals surface area contributed by atoms with E-state index in [4.69, 9.17) is 4.74 Å². The van der Waals surface area contributed by atoms with Crippen LogP contribution in [-0.4, -0.2) is 36.1 Å². The van der Waals surface area contributed by atoms with Gasteiger partial charge in [0.05, 0.1) is 11.6 Å². The van der Waals surface area contributed by atoms with E-state index in [2.05, 4.69) is 5.32 Å². The number of carbonyl (C=O) groups is 3. The van der Waals surface area contributed by atoms with E-state index in [9.17, 15) is 14.4 Å². The highest BCUT2D eigenvalue weighted by Crippen LogP contribution is 2.22. The Morgan fingerprint density at radius 1 is 1.04 bits per heavy atom. The molecule has 0 bridgehead atoms. The number of nitrogens with one attached hydrogen (secondary N) is 1. The van der Waals surface area contributed by atoms with Crippen LogP contribution in [0.4, 0.5) is 0 Å². The molecule has 2 aromatic rings. The van der Waals surface area contributed by atoms with Gasteiger partial charge in [0.1, 0.15) is 0 Å². The van der Waals surface area contributed by atoms with Crippen molar-refractivity contribution in [2.45, 2.75) is 31.2 Å². The molecule has 0 aliphatic heterocycles. The van der Waals surface area contributed by atoms with Crippen LogP contribution in [0.2, 0.25) is 0 Å². The second-order valence-corrected chi connectivity index (χ2v) is 7.23. The van der Waals surface area contributed by atoms with Gasteiger partial charge in [-0.25, -0.2) is 4.79 Å². The quantitative estimate of drug-likeness (QED) is 0.530. The topological polar surface area (TPSA) is 72.5 Å². The number of esters is 1. The lowest BCUT2D eigenvalue weighted by atomic mass is 10.0. The largest absolute Gasteiger partial charge is 0.452 e. The van der Waals surface area contributed by atoms with Crippen LogP contribution in [-0.2, 0) is 20.7 Å². The highest BCUT2D eigenvalue weighted by Gasteiger charge is 2.19. The molecular weight excluding hydrogens is 362 g/mol. The molecule has 0 spiro atoms. The first-order valence-corrected chi connectivity index (χ1v) is 9.72. The van der Waals surface area contributed by atoms with E-state index in [1.807, 2.05) is 49.4 Å². The van der Waals surface area contributed by atoms with Gasteiger partial charge in [-0.3, -0.25) is 9.59 Å². The summed E-state index contributed by atoms with van der Waals surface area (Å²) in [6.45, 7) is 3.00. The molecule has 2 rings (SSSR count). The van der Waals surface area contributed by atoms with Gasteiger partial charge in [0, 0.05) is 4.90 Å². The Hall–Kier alpha value is -2.60. The first kappa shape index (κ1) is 20.7. The molecule has 0 fully saturated rings. The van der Waals surface area contributed by atoms with Crippen LogP contribution < -0.4 is 5.32 Å². The number of ketones is 1. The Kier molecular flexibility index (Phi) is 8.07. The minimum Gasteiger partial charge on any atom is -0.452 e. The van der Waals surface area contributed by atoms with Crippen molar-refractivity contribution in [1.82, 2.24) is 5.32 Å². The zero-order chi connectivity index (χ0) is 19.6. The maximum atomic E-state index is 12.3. The third-order valence-corrected chi connectivity index (χ3v) is 4.81. The SMILES string of the molecule is CCSc1ccccc1C(=O)OCC(=O)N[C@@H](Cc1ccccc1)C(C)=O. The number of Topliss-reactive ketones (excluding diaryl/α,β-unsaturated/α-hetero) is 1. The van der Waals surface area contributed by atoms with Gasteiger partial charge in [0.2, 0.25) is 0 Å². The Morgan fingerprint density at radius 2 is 1.70 bits per heavy atom. The first-order valence-electron chi connectivity index (χ1n) is 8.74. The summed E-state index contributed by atoms with van der Waals surface area (Å²) in [5.41, 5.74) is 1.38. The van der Waals surface area contributed by atoms with Gasteiger partial charge in [-0.05, 0) is 36.8 Å². The number of ether oxygens (including phenoxy) is 1. The summed E-state index contributed by atoms with van der Waals surface area (Å²) in [4.78, 5) is 37.1. The van der Waals surface area contributed by atoms with Crippen LogP contribution in [0.25, 0.3) is 0 Å². The second-order valence-electron chi connectivity index (χ2n) is 5.93. The van der Waals surface area contributed by atoms with Crippen molar-refractivity contribution in [2.24, 2.45) is 0 Å². The van der Waals surface area contributed by atoms with Crippen molar-refractivity contribution < 1.29 is 19.1 Å². The molecule has 0 unspecified atom stereocenters. The van der Waals surface area contributed by atoms with E-state index in [-0.39, 0.29) is 5.78 Å². The summed E-state index contributed by atoms with van der Waals surface area (Å²) in [6.07, 6.45) is 0.395. The summed E-state index contributed by atoms with van der Waals surface area (Å²) in [5, 5.41) is 2.64. The normalized spacial score (nSPS) is 11.5. The van der Waals surface area contributed by atoms with Gasteiger partial charge in [-0.2, -0.15) is 0 Å². The molecule has 2 aromatic carbocycles. The molecule has 142 valence electrons. The fourth-order valence-electron chi connectivity index (χ4n) is 2.51. The summed E-state index contributed by atoms with van der Waals surface area (Å²) in [6, 6.07) is 15.9. The van der Waals surface area contributed by atoms with E-state index >= 15 is 0 Å². The van der Waals surface area contributed by atoms with Gasteiger partial charge < -0.3 is 10.1 Å². The summed E-state index contributed by atoms with van der Waals surface area (Å²) in [5.74, 6) is -0.377. The fraction of sp³-hybridized carbons (Fsp3) is 0.286. The maximum Gasteiger partial charge on any atom is 0.339 e. The van der Waals surface area contributed by atoms with Crippen LogP contribution in [0.1, 0.15) is 29.8 Å². The lowest BCUT2D eigenvalue weighted by molar-refractivity contribution is -0.128. The summed E-state index contributed by atoms with van der Waals surface area (Å²) < 4.78 is 5.13. The monoisotopic (exact) mass is 385 g/mol. The number of hydrogen-bond donors (Lipinski definition) is 1. The zero-order valence-corrected chi connectivity index (χ0v) is 16.3. The van der Waals surface area contributed by atoms with Gasteiger partial charge >= 0.3 is 5.97 Å². The fourth-order valence-corrected chi connectivity index (χ4v) is 3.30. The Balaban J connectivity index is 1.92. The van der Waals surface area contributed by atoms with Gasteiger partial charge in [0.15, 0.2) is 12.4 Å². The minimum atomic E-state index is -0.651. The summed E-state index contributed by atoms with van der Waals surface area (Å²) >= 11 is 1.53. The predicted molar refractivity (Wildman–Crippen MR) is 106 cm³/mol. The molecule has 1 atom stereocenters. The predicted octanol–water partition coefficient (Wildman–Crippen LogP) is 3.27. The number of benzene rings is 2. The standard InChI is InChI=1S/C21H23NO4S/c1-3-27-19-12-8-7-11-17(19)21(25)26-14-20(24)22-18(15(2)23)13-16-9-5-4-6-10-16/h4-12,18H,3,13-14H2,1-2H3,(H,22,24)/t18-/m0/s1. The molecule has 0 radical (unpaired) electrons. The minimum absolute atomic E-state index is 0.150. The number of amides is 1. The van der Waals surface area contributed by atoms with Gasteiger partial charge in [-0.1, -0.05) is 49.4 Å². The molecule has 0 heterocycles. The molecule has 0 aliphatic rings. The highest BCUT2D eigenvalue weighted by molar-refractivity contribution is 7.99. The number of thioether (sulfide) groups is 1. The van der Waals surface area contributed by atoms with Crippen molar-refractivity contribution in [3.05, 3.63) is 65.7 Å². The average Bonchev–Trinajstić information content (AvgIpc) is 2.67. The van der Waals surface area contributed by atoms with Crippen LogP contribution in [0, 0.1) is 0 Å². The molecular formula is C21H23NO4S. The molecule has 0 aliphatic carbocycles. The van der Waals surface area contributed by atoms with Gasteiger partial charge in [-0.15, -0.1) is 11.8 Å². The van der Waals surface area contributed by atoms with Crippen LogP contribution in [0.5, 0.6) is 0 Å². The molecule has 0 saturated heterocycles. The average molecular weight is 385 g/mol. The number of rotatable bonds is 9. The number of carbonyl (C=O) groups excluding carboxylic acids is 3. The smallest absolute Gasteiger partial charge is 0.339 e. The highest BCUT2D eigenvalue weighted by atomic mass is 32.2. The van der Waals surface area contributed by atoms with Crippen molar-refractivity contribution in [2.75, 3.05) is 12.4 Å². The van der Waals surface area contributed by atoms with Gasteiger partial charge in [0.25, 0.3) is 5.91 Å². The Bertz CT molecular complexity index is 792. The number of hydrogen-bond acceptors (Lipinski definition) is 5. The lowest BCUT2D eigenvalue weighted by Crippen LogP contribution is -2.43. The lowest BCUT2D eigenvalue weighted by Gasteiger charge is -2.16. The Labute approximate surface area is 163 Å². The molecule has 1 N–H and O–H groups in total. The van der Waals surface area contributed by atoms with Crippen molar-refractivity contribution in [1.29, 1.82) is 0 Å². The van der Waals surface area contributed by atoms with E-state index in [1.54, 1.807) is 12.1 Å². The third-order valence-electron chi connectivity index (χ3n) is 3.85. The van der Waals surface area contributed by atoms with Crippen molar-refractivity contribution >= 4 is 29.4 Å². The Morgan fingerprint density at radius 3 is 2.37 bits per heavy atom. The molecule has 27 heavy (non-hydrogen) atoms.